The Morgan fingerprint density at radius 3 is 2.75 bits per heavy atom. The van der Waals surface area contributed by atoms with Gasteiger partial charge in [0.2, 0.25) is 5.16 Å². The van der Waals surface area contributed by atoms with Crippen molar-refractivity contribution in [2.24, 2.45) is 0 Å². The van der Waals surface area contributed by atoms with E-state index in [9.17, 15) is 4.21 Å². The van der Waals surface area contributed by atoms with Gasteiger partial charge in [-0.15, -0.1) is 10.2 Å². The second kappa shape index (κ2) is 5.53. The fourth-order valence-corrected chi connectivity index (χ4v) is 3.04. The lowest BCUT2D eigenvalue weighted by Crippen LogP contribution is -2.16. The van der Waals surface area contributed by atoms with Crippen LogP contribution in [0.5, 0.6) is 11.5 Å². The van der Waals surface area contributed by atoms with E-state index in [4.69, 9.17) is 9.47 Å². The van der Waals surface area contributed by atoms with Crippen LogP contribution in [0.1, 0.15) is 5.56 Å². The molecule has 2 aromatic rings. The minimum Gasteiger partial charge on any atom is -0.486 e. The van der Waals surface area contributed by atoms with Crippen LogP contribution in [0, 0.1) is 0 Å². The molecule has 0 saturated carbocycles. The van der Waals surface area contributed by atoms with Gasteiger partial charge in [0.25, 0.3) is 0 Å². The van der Waals surface area contributed by atoms with Crippen LogP contribution >= 0.6 is 15.9 Å². The monoisotopic (exact) mass is 357 g/mol. The Labute approximate surface area is 126 Å². The second-order valence-corrected chi connectivity index (χ2v) is 6.41. The van der Waals surface area contributed by atoms with Gasteiger partial charge < -0.3 is 14.0 Å². The lowest BCUT2D eigenvalue weighted by Gasteiger charge is -2.20. The van der Waals surface area contributed by atoms with Crippen LogP contribution in [0.25, 0.3) is 0 Å². The maximum absolute atomic E-state index is 11.6. The molecule has 0 fully saturated rings. The van der Waals surface area contributed by atoms with Crippen molar-refractivity contribution in [2.75, 3.05) is 19.5 Å². The largest absolute Gasteiger partial charge is 0.486 e. The van der Waals surface area contributed by atoms with Crippen LogP contribution in [0.4, 0.5) is 0 Å². The van der Waals surface area contributed by atoms with Gasteiger partial charge in [-0.3, -0.25) is 4.21 Å². The van der Waals surface area contributed by atoms with Crippen LogP contribution in [-0.4, -0.2) is 38.4 Å². The van der Waals surface area contributed by atoms with Crippen LogP contribution in [0.2, 0.25) is 0 Å². The van der Waals surface area contributed by atoms with E-state index < -0.39 is 10.8 Å². The molecule has 106 valence electrons. The van der Waals surface area contributed by atoms with Crippen LogP contribution in [0.15, 0.2) is 28.1 Å². The summed E-state index contributed by atoms with van der Waals surface area (Å²) in [6.07, 6.45) is 3.15. The first-order valence-corrected chi connectivity index (χ1v) is 8.29. The molecular weight excluding hydrogens is 346 g/mol. The fourth-order valence-electron chi connectivity index (χ4n) is 1.99. The second-order valence-electron chi connectivity index (χ2n) is 4.28. The molecule has 0 amide bonds. The summed E-state index contributed by atoms with van der Waals surface area (Å²) in [5.41, 5.74) is 0.987. The molecule has 1 aromatic heterocycles. The summed E-state index contributed by atoms with van der Waals surface area (Å²) in [5.74, 6) is 1.46. The quantitative estimate of drug-likeness (QED) is 0.834. The van der Waals surface area contributed by atoms with E-state index in [1.54, 1.807) is 17.2 Å². The van der Waals surface area contributed by atoms with Gasteiger partial charge in [0, 0.05) is 10.7 Å². The Bertz CT molecular complexity index is 674. The van der Waals surface area contributed by atoms with E-state index >= 15 is 0 Å². The third-order valence-corrected chi connectivity index (χ3v) is 4.46. The van der Waals surface area contributed by atoms with Crippen molar-refractivity contribution < 1.29 is 13.7 Å². The summed E-state index contributed by atoms with van der Waals surface area (Å²) in [6.45, 7) is 1.62. The molecule has 1 unspecified atom stereocenters. The number of ether oxygens (including phenoxy) is 2. The Morgan fingerprint density at radius 2 is 2.05 bits per heavy atom. The summed E-state index contributed by atoms with van der Waals surface area (Å²) in [4.78, 5) is 0. The lowest BCUT2D eigenvalue weighted by molar-refractivity contribution is 0.171. The van der Waals surface area contributed by atoms with Crippen molar-refractivity contribution in [3.05, 3.63) is 28.5 Å². The van der Waals surface area contributed by atoms with Gasteiger partial charge in [0.15, 0.2) is 11.5 Å². The van der Waals surface area contributed by atoms with E-state index in [2.05, 4.69) is 26.1 Å². The SMILES string of the molecule is CS(=O)c1nncn1Cc1cc2c(cc1Br)OCCO2. The third-order valence-electron chi connectivity index (χ3n) is 2.89. The highest BCUT2D eigenvalue weighted by atomic mass is 79.9. The Balaban J connectivity index is 1.94. The van der Waals surface area contributed by atoms with Crippen molar-refractivity contribution in [3.63, 3.8) is 0 Å². The third kappa shape index (κ3) is 2.57. The molecule has 1 atom stereocenters. The molecule has 0 saturated heterocycles. The number of fused-ring (bicyclic) bond motifs is 1. The number of nitrogens with zero attached hydrogens (tertiary/aromatic N) is 3. The molecular formula is C12H12BrN3O3S. The average molecular weight is 358 g/mol. The highest BCUT2D eigenvalue weighted by Gasteiger charge is 2.16. The first-order chi connectivity index (χ1) is 9.65. The van der Waals surface area contributed by atoms with Gasteiger partial charge in [-0.05, 0) is 17.7 Å². The average Bonchev–Trinajstić information content (AvgIpc) is 2.88. The van der Waals surface area contributed by atoms with Gasteiger partial charge in [-0.1, -0.05) is 15.9 Å². The standard InChI is InChI=1S/C12H12BrN3O3S/c1-20(17)12-15-14-7-16(12)6-8-4-10-11(5-9(8)13)19-3-2-18-10/h4-5,7H,2-3,6H2,1H3. The maximum atomic E-state index is 11.6. The van der Waals surface area contributed by atoms with E-state index in [0.29, 0.717) is 24.9 Å². The first kappa shape index (κ1) is 13.6. The molecule has 0 aliphatic carbocycles. The van der Waals surface area contributed by atoms with E-state index in [0.717, 1.165) is 21.5 Å². The summed E-state index contributed by atoms with van der Waals surface area (Å²) < 4.78 is 25.3. The van der Waals surface area contributed by atoms with Gasteiger partial charge in [-0.2, -0.15) is 0 Å². The molecule has 3 rings (SSSR count). The highest BCUT2D eigenvalue weighted by Crippen LogP contribution is 2.35. The highest BCUT2D eigenvalue weighted by molar-refractivity contribution is 9.10. The molecule has 0 N–H and O–H groups in total. The predicted octanol–water partition coefficient (Wildman–Crippen LogP) is 1.60. The zero-order valence-corrected chi connectivity index (χ0v) is 13.1. The molecule has 0 radical (unpaired) electrons. The first-order valence-electron chi connectivity index (χ1n) is 5.94. The molecule has 6 nitrogen and oxygen atoms in total. The van der Waals surface area contributed by atoms with Crippen molar-refractivity contribution in [3.8, 4) is 11.5 Å². The van der Waals surface area contributed by atoms with Crippen molar-refractivity contribution in [1.29, 1.82) is 0 Å². The molecule has 2 heterocycles. The Hall–Kier alpha value is -1.41. The molecule has 1 aliphatic rings. The zero-order chi connectivity index (χ0) is 14.1. The minimum absolute atomic E-state index is 0.451. The number of rotatable bonds is 3. The summed E-state index contributed by atoms with van der Waals surface area (Å²) >= 11 is 3.52. The minimum atomic E-state index is -1.17. The smallest absolute Gasteiger partial charge is 0.221 e. The number of aromatic nitrogens is 3. The molecule has 1 aliphatic heterocycles. The lowest BCUT2D eigenvalue weighted by atomic mass is 10.2. The van der Waals surface area contributed by atoms with E-state index in [1.807, 2.05) is 12.1 Å². The topological polar surface area (TPSA) is 66.2 Å². The van der Waals surface area contributed by atoms with Gasteiger partial charge in [0.05, 0.1) is 17.3 Å². The summed E-state index contributed by atoms with van der Waals surface area (Å²) in [6, 6.07) is 3.80. The number of halogens is 1. The molecule has 0 spiro atoms. The molecule has 20 heavy (non-hydrogen) atoms. The Kier molecular flexibility index (Phi) is 3.75. The van der Waals surface area contributed by atoms with Crippen LogP contribution in [-0.2, 0) is 17.3 Å². The molecule has 1 aromatic carbocycles. The van der Waals surface area contributed by atoms with Crippen molar-refractivity contribution in [1.82, 2.24) is 14.8 Å². The van der Waals surface area contributed by atoms with E-state index in [-0.39, 0.29) is 0 Å². The maximum Gasteiger partial charge on any atom is 0.221 e. The van der Waals surface area contributed by atoms with Gasteiger partial charge in [-0.25, -0.2) is 0 Å². The van der Waals surface area contributed by atoms with Gasteiger partial charge in [0.1, 0.15) is 19.5 Å². The fraction of sp³-hybridized carbons (Fsp3) is 0.333. The molecule has 0 bridgehead atoms. The summed E-state index contributed by atoms with van der Waals surface area (Å²) in [5, 5.41) is 8.13. The van der Waals surface area contributed by atoms with E-state index in [1.165, 1.54) is 0 Å². The van der Waals surface area contributed by atoms with Gasteiger partial charge >= 0.3 is 0 Å². The predicted molar refractivity (Wildman–Crippen MR) is 76.6 cm³/mol. The number of hydrogen-bond acceptors (Lipinski definition) is 5. The number of hydrogen-bond donors (Lipinski definition) is 0. The van der Waals surface area contributed by atoms with Crippen molar-refractivity contribution >= 4 is 26.7 Å². The van der Waals surface area contributed by atoms with Crippen LogP contribution in [0.3, 0.4) is 0 Å². The van der Waals surface area contributed by atoms with Crippen LogP contribution < -0.4 is 9.47 Å². The molecule has 8 heteroatoms. The normalized spacial score (nSPS) is 15.1. The summed E-state index contributed by atoms with van der Waals surface area (Å²) in [7, 11) is -1.17. The zero-order valence-electron chi connectivity index (χ0n) is 10.7. The Morgan fingerprint density at radius 1 is 1.35 bits per heavy atom. The van der Waals surface area contributed by atoms with Crippen molar-refractivity contribution in [2.45, 2.75) is 11.7 Å². The number of benzene rings is 1.